The number of rotatable bonds is 29. The molecule has 0 aromatic rings. The first kappa shape index (κ1) is 37.2. The van der Waals surface area contributed by atoms with Crippen molar-refractivity contribution in [1.29, 1.82) is 0 Å². The Bertz CT molecular complexity index is 603. The number of carbonyl (C=O) groups is 1. The Morgan fingerprint density at radius 1 is 0.763 bits per heavy atom. The van der Waals surface area contributed by atoms with Crippen LogP contribution in [0.4, 0.5) is 0 Å². The monoisotopic (exact) mass is 563 g/mol. The van der Waals surface area contributed by atoms with E-state index in [9.17, 15) is 14.3 Å². The topological polar surface area (TPSA) is 117 Å². The molecule has 0 radical (unpaired) electrons. The van der Waals surface area contributed by atoms with E-state index in [0.717, 1.165) is 32.1 Å². The molecule has 0 aliphatic rings. The number of phosphoric ester groups is 1. The maximum absolute atomic E-state index is 12.3. The van der Waals surface area contributed by atoms with E-state index in [4.69, 9.17) is 24.3 Å². The van der Waals surface area contributed by atoms with E-state index >= 15 is 0 Å². The van der Waals surface area contributed by atoms with Gasteiger partial charge in [0.2, 0.25) is 0 Å². The molecule has 0 saturated carbocycles. The second-order valence-corrected chi connectivity index (χ2v) is 11.4. The molecule has 8 nitrogen and oxygen atoms in total. The zero-order valence-electron chi connectivity index (χ0n) is 24.4. The maximum atomic E-state index is 12.3. The third-order valence-corrected chi connectivity index (χ3v) is 7.15. The molecule has 2 unspecified atom stereocenters. The van der Waals surface area contributed by atoms with Crippen LogP contribution in [0.1, 0.15) is 129 Å². The molecule has 0 saturated heterocycles. The van der Waals surface area contributed by atoms with Crippen LogP contribution in [0.25, 0.3) is 0 Å². The van der Waals surface area contributed by atoms with Crippen LogP contribution >= 0.6 is 7.82 Å². The summed E-state index contributed by atoms with van der Waals surface area (Å²) in [6, 6.07) is 0. The van der Waals surface area contributed by atoms with Crippen molar-refractivity contribution in [2.75, 3.05) is 33.0 Å². The highest BCUT2D eigenvalue weighted by Gasteiger charge is 2.25. The number of unbranched alkanes of at least 4 members (excludes halogenated alkanes) is 14. The molecule has 3 N–H and O–H groups in total. The van der Waals surface area contributed by atoms with Gasteiger partial charge < -0.3 is 20.1 Å². The number of hydrogen-bond acceptors (Lipinski definition) is 7. The van der Waals surface area contributed by atoms with Gasteiger partial charge in [0.25, 0.3) is 0 Å². The van der Waals surface area contributed by atoms with E-state index in [-0.39, 0.29) is 32.3 Å². The van der Waals surface area contributed by atoms with Crippen LogP contribution in [0.2, 0.25) is 0 Å². The molecule has 38 heavy (non-hydrogen) atoms. The zero-order valence-corrected chi connectivity index (χ0v) is 25.3. The van der Waals surface area contributed by atoms with Gasteiger partial charge in [0.05, 0.1) is 19.8 Å². The van der Waals surface area contributed by atoms with Crippen LogP contribution in [0.3, 0.4) is 0 Å². The Labute approximate surface area is 233 Å². The van der Waals surface area contributed by atoms with Gasteiger partial charge in [-0.15, -0.1) is 0 Å². The first-order valence-corrected chi connectivity index (χ1v) is 16.7. The predicted octanol–water partition coefficient (Wildman–Crippen LogP) is 7.62. The van der Waals surface area contributed by atoms with Crippen LogP contribution in [0.5, 0.6) is 0 Å². The molecule has 0 heterocycles. The fraction of sp³-hybridized carbons (Fsp3) is 0.897. The summed E-state index contributed by atoms with van der Waals surface area (Å²) in [7, 11) is -4.25. The largest absolute Gasteiger partial charge is 0.472 e. The van der Waals surface area contributed by atoms with Gasteiger partial charge in [-0.05, 0) is 32.1 Å². The molecule has 0 spiro atoms. The van der Waals surface area contributed by atoms with Gasteiger partial charge >= 0.3 is 13.8 Å². The molecule has 226 valence electrons. The smallest absolute Gasteiger partial charge is 0.457 e. The van der Waals surface area contributed by atoms with Crippen LogP contribution in [-0.4, -0.2) is 49.9 Å². The molecule has 0 fully saturated rings. The SMILES string of the molecule is CCC/C=C\CCCCCCCCOCC(COP(=O)(O)OCCN)OC(=O)CCCCCCCCCC. The second-order valence-electron chi connectivity index (χ2n) is 9.97. The Morgan fingerprint density at radius 3 is 2.03 bits per heavy atom. The number of nitrogens with two attached hydrogens (primary N) is 1. The minimum Gasteiger partial charge on any atom is -0.457 e. The Balaban J connectivity index is 4.18. The molecule has 0 aromatic carbocycles. The summed E-state index contributed by atoms with van der Waals surface area (Å²) < 4.78 is 33.0. The molecule has 0 rings (SSSR count). The van der Waals surface area contributed by atoms with E-state index in [1.54, 1.807) is 0 Å². The number of ether oxygens (including phenoxy) is 2. The zero-order chi connectivity index (χ0) is 28.2. The molecule has 0 amide bonds. The van der Waals surface area contributed by atoms with Crippen molar-refractivity contribution in [3.8, 4) is 0 Å². The van der Waals surface area contributed by atoms with Gasteiger partial charge in [-0.3, -0.25) is 13.8 Å². The minimum absolute atomic E-state index is 0.0945. The molecular formula is C29H58NO7P. The lowest BCUT2D eigenvalue weighted by Crippen LogP contribution is -2.28. The number of hydrogen-bond donors (Lipinski definition) is 2. The average Bonchev–Trinajstić information content (AvgIpc) is 2.90. The summed E-state index contributed by atoms with van der Waals surface area (Å²) in [6.07, 6.45) is 23.7. The molecule has 9 heteroatoms. The van der Waals surface area contributed by atoms with Gasteiger partial charge in [-0.1, -0.05) is 103 Å². The summed E-state index contributed by atoms with van der Waals surface area (Å²) >= 11 is 0. The fourth-order valence-corrected chi connectivity index (χ4v) is 4.70. The number of carbonyl (C=O) groups excluding carboxylic acids is 1. The standard InChI is InChI=1S/C29H58NO7P/c1-3-5-7-9-11-13-14-15-17-19-21-24-34-26-28(27-36-38(32,33)35-25-23-30)37-29(31)22-20-18-16-12-10-8-6-4-2/h7,9,28H,3-6,8,10-27,30H2,1-2H3,(H,32,33)/b9-7-. The van der Waals surface area contributed by atoms with Crippen molar-refractivity contribution in [2.45, 2.75) is 136 Å². The molecule has 0 bridgehead atoms. The Kier molecular flexibility index (Phi) is 27.2. The molecular weight excluding hydrogens is 505 g/mol. The molecule has 0 aliphatic heterocycles. The highest BCUT2D eigenvalue weighted by molar-refractivity contribution is 7.47. The van der Waals surface area contributed by atoms with Gasteiger partial charge in [0, 0.05) is 19.6 Å². The summed E-state index contributed by atoms with van der Waals surface area (Å²) in [5.74, 6) is -0.339. The second kappa shape index (κ2) is 27.8. The lowest BCUT2D eigenvalue weighted by atomic mass is 10.1. The van der Waals surface area contributed by atoms with E-state index in [1.165, 1.54) is 77.0 Å². The van der Waals surface area contributed by atoms with E-state index in [2.05, 4.69) is 26.0 Å². The number of allylic oxidation sites excluding steroid dienone is 2. The van der Waals surface area contributed by atoms with Crippen LogP contribution in [0, 0.1) is 0 Å². The highest BCUT2D eigenvalue weighted by Crippen LogP contribution is 2.43. The summed E-state index contributed by atoms with van der Waals surface area (Å²) in [5.41, 5.74) is 5.31. The lowest BCUT2D eigenvalue weighted by molar-refractivity contribution is -0.154. The quantitative estimate of drug-likeness (QED) is 0.0413. The summed E-state index contributed by atoms with van der Waals surface area (Å²) in [6.45, 7) is 4.80. The normalized spacial score (nSPS) is 14.1. The van der Waals surface area contributed by atoms with Crippen molar-refractivity contribution in [1.82, 2.24) is 0 Å². The molecule has 0 aromatic heterocycles. The van der Waals surface area contributed by atoms with E-state index in [1.807, 2.05) is 0 Å². The third kappa shape index (κ3) is 26.8. The molecule has 2 atom stereocenters. The number of esters is 1. The molecule has 0 aliphatic carbocycles. The van der Waals surface area contributed by atoms with E-state index < -0.39 is 13.9 Å². The van der Waals surface area contributed by atoms with Crippen molar-refractivity contribution in [3.63, 3.8) is 0 Å². The van der Waals surface area contributed by atoms with Crippen molar-refractivity contribution in [2.24, 2.45) is 5.73 Å². The maximum Gasteiger partial charge on any atom is 0.472 e. The fourth-order valence-electron chi connectivity index (χ4n) is 3.94. The lowest BCUT2D eigenvalue weighted by Gasteiger charge is -2.20. The van der Waals surface area contributed by atoms with Crippen molar-refractivity contribution < 1.29 is 32.8 Å². The Hall–Kier alpha value is -0.760. The first-order chi connectivity index (χ1) is 18.4. The van der Waals surface area contributed by atoms with Gasteiger partial charge in [-0.25, -0.2) is 4.57 Å². The van der Waals surface area contributed by atoms with Gasteiger partial charge in [0.15, 0.2) is 0 Å². The third-order valence-electron chi connectivity index (χ3n) is 6.16. The predicted molar refractivity (Wildman–Crippen MR) is 155 cm³/mol. The minimum atomic E-state index is -4.25. The first-order valence-electron chi connectivity index (χ1n) is 15.2. The van der Waals surface area contributed by atoms with Crippen LogP contribution in [-0.2, 0) is 27.9 Å². The van der Waals surface area contributed by atoms with E-state index in [0.29, 0.717) is 13.0 Å². The van der Waals surface area contributed by atoms with Crippen LogP contribution in [0.15, 0.2) is 12.2 Å². The summed E-state index contributed by atoms with van der Waals surface area (Å²) in [4.78, 5) is 22.1. The summed E-state index contributed by atoms with van der Waals surface area (Å²) in [5, 5.41) is 0. The Morgan fingerprint density at radius 2 is 1.37 bits per heavy atom. The van der Waals surface area contributed by atoms with Gasteiger partial charge in [0.1, 0.15) is 6.10 Å². The van der Waals surface area contributed by atoms with Crippen molar-refractivity contribution in [3.05, 3.63) is 12.2 Å². The van der Waals surface area contributed by atoms with Gasteiger partial charge in [-0.2, -0.15) is 0 Å². The van der Waals surface area contributed by atoms with Crippen LogP contribution < -0.4 is 5.73 Å². The average molecular weight is 564 g/mol. The highest BCUT2D eigenvalue weighted by atomic mass is 31.2. The number of phosphoric acid groups is 1. The van der Waals surface area contributed by atoms with Crippen molar-refractivity contribution >= 4 is 13.8 Å².